The number of ether oxygens (including phenoxy) is 2. The predicted molar refractivity (Wildman–Crippen MR) is 56.9 cm³/mol. The van der Waals surface area contributed by atoms with Gasteiger partial charge in [-0.3, -0.25) is 9.09 Å². The second-order valence-electron chi connectivity index (χ2n) is 3.07. The van der Waals surface area contributed by atoms with Crippen LogP contribution in [0.15, 0.2) is 0 Å². The third-order valence-corrected chi connectivity index (χ3v) is 3.80. The zero-order chi connectivity index (χ0) is 11.9. The molecule has 92 valence electrons. The van der Waals surface area contributed by atoms with E-state index in [4.69, 9.17) is 14.0 Å². The molecule has 1 atom stereocenters. The molecule has 0 aromatic rings. The number of rotatable bonds is 8. The molecule has 6 heteroatoms. The molecule has 0 amide bonds. The van der Waals surface area contributed by atoms with Crippen LogP contribution in [0.2, 0.25) is 0 Å². The maximum atomic E-state index is 12.6. The summed E-state index contributed by atoms with van der Waals surface area (Å²) >= 11 is 0. The lowest BCUT2D eigenvalue weighted by atomic mass is 10.6. The molecule has 0 N–H and O–H groups in total. The minimum absolute atomic E-state index is 0.124. The van der Waals surface area contributed by atoms with Crippen LogP contribution < -0.4 is 0 Å². The highest BCUT2D eigenvalue weighted by Gasteiger charge is 2.36. The Bertz CT molecular complexity index is 208. The van der Waals surface area contributed by atoms with Crippen LogP contribution in [-0.4, -0.2) is 31.8 Å². The van der Waals surface area contributed by atoms with Gasteiger partial charge in [-0.2, -0.15) is 0 Å². The van der Waals surface area contributed by atoms with Crippen LogP contribution in [0.3, 0.4) is 0 Å². The molecule has 0 aliphatic rings. The van der Waals surface area contributed by atoms with Crippen LogP contribution in [-0.2, 0) is 18.6 Å². The summed E-state index contributed by atoms with van der Waals surface area (Å²) in [4.78, 5) is 0. The molecule has 15 heavy (non-hydrogen) atoms. The first-order valence-electron chi connectivity index (χ1n) is 5.08. The van der Waals surface area contributed by atoms with Crippen molar-refractivity contribution in [3.63, 3.8) is 0 Å². The van der Waals surface area contributed by atoms with Gasteiger partial charge in [-0.25, -0.2) is 4.39 Å². The van der Waals surface area contributed by atoms with Gasteiger partial charge in [0.15, 0.2) is 6.42 Å². The van der Waals surface area contributed by atoms with Crippen LogP contribution in [0.25, 0.3) is 0 Å². The molecule has 4 nitrogen and oxygen atoms in total. The van der Waals surface area contributed by atoms with Crippen LogP contribution in [0.1, 0.15) is 27.7 Å². The van der Waals surface area contributed by atoms with Gasteiger partial charge in [0, 0.05) is 26.3 Å². The first-order valence-corrected chi connectivity index (χ1v) is 7.07. The van der Waals surface area contributed by atoms with Gasteiger partial charge in [0.1, 0.15) is 0 Å². The molecule has 0 aliphatic heterocycles. The van der Waals surface area contributed by atoms with E-state index >= 15 is 0 Å². The van der Waals surface area contributed by atoms with E-state index in [9.17, 15) is 8.96 Å². The average molecular weight is 242 g/mol. The molecule has 0 spiro atoms. The molecule has 1 unspecified atom stereocenters. The molecular formula is C9H20FO4P. The first-order chi connectivity index (χ1) is 6.95. The second-order valence-corrected chi connectivity index (χ2v) is 5.75. The fraction of sp³-hybridized carbons (Fsp3) is 1.00. The van der Waals surface area contributed by atoms with Crippen molar-refractivity contribution in [1.29, 1.82) is 0 Å². The zero-order valence-corrected chi connectivity index (χ0v) is 10.7. The summed E-state index contributed by atoms with van der Waals surface area (Å²) in [6, 6.07) is 0. The van der Waals surface area contributed by atoms with E-state index in [0.29, 0.717) is 13.2 Å². The molecule has 0 saturated carbocycles. The summed E-state index contributed by atoms with van der Waals surface area (Å²) in [5, 5.41) is 0. The molecule has 0 radical (unpaired) electrons. The summed E-state index contributed by atoms with van der Waals surface area (Å²) in [7, 11) is -3.28. The molecule has 0 aliphatic carbocycles. The quantitative estimate of drug-likeness (QED) is 0.485. The summed E-state index contributed by atoms with van der Waals surface area (Å²) in [5.41, 5.74) is 0. The SMILES string of the molecule is CCOC(C)(OCC)OP(=O)(CC)CF. The standard InChI is InChI=1S/C9H20FO4P/c1-5-12-9(4,13-6-2)14-15(11,7-3)8-10/h5-8H2,1-4H3. The van der Waals surface area contributed by atoms with Gasteiger partial charge in [-0.15, -0.1) is 0 Å². The fourth-order valence-corrected chi connectivity index (χ4v) is 2.15. The maximum Gasteiger partial charge on any atom is 0.285 e. The van der Waals surface area contributed by atoms with Gasteiger partial charge < -0.3 is 9.47 Å². The highest BCUT2D eigenvalue weighted by Crippen LogP contribution is 2.50. The van der Waals surface area contributed by atoms with Crippen LogP contribution in [0.4, 0.5) is 4.39 Å². The fourth-order valence-electron chi connectivity index (χ4n) is 1.09. The van der Waals surface area contributed by atoms with Crippen molar-refractivity contribution in [2.45, 2.75) is 33.7 Å². The largest absolute Gasteiger partial charge is 0.328 e. The normalized spacial score (nSPS) is 16.3. The molecule has 0 fully saturated rings. The Balaban J connectivity index is 4.58. The summed E-state index contributed by atoms with van der Waals surface area (Å²) in [6.45, 7) is 7.30. The Morgan fingerprint density at radius 2 is 1.67 bits per heavy atom. The van der Waals surface area contributed by atoms with E-state index in [1.54, 1.807) is 20.8 Å². The molecule has 0 rings (SSSR count). The van der Waals surface area contributed by atoms with Crippen molar-refractivity contribution in [2.24, 2.45) is 0 Å². The third-order valence-electron chi connectivity index (χ3n) is 1.81. The van der Waals surface area contributed by atoms with Gasteiger partial charge in [0.05, 0.1) is 0 Å². The number of alkyl halides is 1. The van der Waals surface area contributed by atoms with Crippen molar-refractivity contribution in [3.8, 4) is 0 Å². The van der Waals surface area contributed by atoms with Gasteiger partial charge in [-0.1, -0.05) is 6.92 Å². The number of hydrogen-bond acceptors (Lipinski definition) is 4. The Hall–Kier alpha value is 0.0400. The zero-order valence-electron chi connectivity index (χ0n) is 9.79. The highest BCUT2D eigenvalue weighted by molar-refractivity contribution is 7.58. The lowest BCUT2D eigenvalue weighted by molar-refractivity contribution is -0.328. The summed E-state index contributed by atoms with van der Waals surface area (Å²) in [6.07, 6.45) is -0.877. The molecule has 0 aromatic heterocycles. The van der Waals surface area contributed by atoms with E-state index in [1.807, 2.05) is 0 Å². The van der Waals surface area contributed by atoms with Crippen molar-refractivity contribution in [1.82, 2.24) is 0 Å². The molecule has 0 saturated heterocycles. The van der Waals surface area contributed by atoms with Crippen LogP contribution in [0, 0.1) is 0 Å². The van der Waals surface area contributed by atoms with Gasteiger partial charge in [-0.05, 0) is 13.8 Å². The monoisotopic (exact) mass is 242 g/mol. The van der Waals surface area contributed by atoms with Gasteiger partial charge in [0.25, 0.3) is 5.97 Å². The van der Waals surface area contributed by atoms with E-state index in [-0.39, 0.29) is 6.16 Å². The van der Waals surface area contributed by atoms with Crippen molar-refractivity contribution < 1.29 is 23.0 Å². The lowest BCUT2D eigenvalue weighted by Crippen LogP contribution is -2.35. The van der Waals surface area contributed by atoms with Crippen molar-refractivity contribution >= 4 is 7.37 Å². The molecule has 0 heterocycles. The van der Waals surface area contributed by atoms with Crippen molar-refractivity contribution in [3.05, 3.63) is 0 Å². The Morgan fingerprint density at radius 3 is 1.93 bits per heavy atom. The molecular weight excluding hydrogens is 222 g/mol. The van der Waals surface area contributed by atoms with E-state index < -0.39 is 19.8 Å². The summed E-state index contributed by atoms with van der Waals surface area (Å²) in [5.74, 6) is -1.42. The highest BCUT2D eigenvalue weighted by atomic mass is 31.2. The Morgan fingerprint density at radius 1 is 1.20 bits per heavy atom. The maximum absolute atomic E-state index is 12.6. The van der Waals surface area contributed by atoms with E-state index in [1.165, 1.54) is 6.92 Å². The molecule has 0 aromatic carbocycles. The van der Waals surface area contributed by atoms with Crippen molar-refractivity contribution in [2.75, 3.05) is 25.8 Å². The Labute approximate surface area is 90.5 Å². The van der Waals surface area contributed by atoms with E-state index in [0.717, 1.165) is 0 Å². The Kier molecular flexibility index (Phi) is 6.60. The first kappa shape index (κ1) is 15.0. The molecule has 0 bridgehead atoms. The van der Waals surface area contributed by atoms with E-state index in [2.05, 4.69) is 0 Å². The van der Waals surface area contributed by atoms with Crippen LogP contribution >= 0.6 is 7.37 Å². The predicted octanol–water partition coefficient (Wildman–Crippen LogP) is 2.97. The second kappa shape index (κ2) is 6.59. The third kappa shape index (κ3) is 5.07. The minimum Gasteiger partial charge on any atom is -0.328 e. The van der Waals surface area contributed by atoms with Crippen LogP contribution in [0.5, 0.6) is 0 Å². The number of hydrogen-bond donors (Lipinski definition) is 0. The smallest absolute Gasteiger partial charge is 0.285 e. The topological polar surface area (TPSA) is 44.8 Å². The average Bonchev–Trinajstić information content (AvgIpc) is 2.18. The van der Waals surface area contributed by atoms with Gasteiger partial charge >= 0.3 is 0 Å². The summed E-state index contributed by atoms with van der Waals surface area (Å²) < 4.78 is 39.8. The van der Waals surface area contributed by atoms with Gasteiger partial charge in [0.2, 0.25) is 7.37 Å². The minimum atomic E-state index is -3.28. The lowest BCUT2D eigenvalue weighted by Gasteiger charge is -2.31. The number of halogens is 1.